The maximum atomic E-state index is 11.6. The molecule has 114 valence electrons. The molecule has 1 atom stereocenters. The maximum Gasteiger partial charge on any atom is 0.407 e. The Morgan fingerprint density at radius 1 is 1.52 bits per heavy atom. The van der Waals surface area contributed by atoms with Gasteiger partial charge in [0.15, 0.2) is 0 Å². The molecule has 0 saturated heterocycles. The number of carbonyl (C=O) groups is 1. The van der Waals surface area contributed by atoms with E-state index in [0.717, 1.165) is 11.3 Å². The summed E-state index contributed by atoms with van der Waals surface area (Å²) in [6.45, 7) is 9.20. The molecule has 0 aliphatic rings. The van der Waals surface area contributed by atoms with Gasteiger partial charge in [0, 0.05) is 24.2 Å². The van der Waals surface area contributed by atoms with Crippen LogP contribution >= 0.6 is 0 Å². The van der Waals surface area contributed by atoms with Crippen molar-refractivity contribution < 1.29 is 9.53 Å². The van der Waals surface area contributed by atoms with Crippen LogP contribution in [0.4, 0.5) is 10.5 Å². The number of aromatic nitrogens is 1. The highest BCUT2D eigenvalue weighted by atomic mass is 16.6. The lowest BCUT2D eigenvalue weighted by molar-refractivity contribution is 0.0509. The molecule has 5 heteroatoms. The van der Waals surface area contributed by atoms with Crippen molar-refractivity contribution in [2.45, 2.75) is 52.7 Å². The first kappa shape index (κ1) is 16.8. The SMILES string of the molecule is Cc1ncc(C#CC[C@H](C)NC(=O)OC(C)(C)C)cc1N. The molecule has 0 aromatic carbocycles. The number of nitrogen functional groups attached to an aromatic ring is 1. The van der Waals surface area contributed by atoms with Crippen molar-refractivity contribution in [1.82, 2.24) is 10.3 Å². The highest BCUT2D eigenvalue weighted by Crippen LogP contribution is 2.09. The van der Waals surface area contributed by atoms with Crippen LogP contribution in [-0.4, -0.2) is 22.7 Å². The number of amides is 1. The van der Waals surface area contributed by atoms with Crippen LogP contribution in [0.3, 0.4) is 0 Å². The molecule has 1 heterocycles. The molecule has 1 aromatic heterocycles. The summed E-state index contributed by atoms with van der Waals surface area (Å²) in [4.78, 5) is 15.7. The molecule has 0 fully saturated rings. The number of rotatable bonds is 2. The molecule has 0 spiro atoms. The van der Waals surface area contributed by atoms with Gasteiger partial charge in [-0.3, -0.25) is 4.98 Å². The molecule has 5 nitrogen and oxygen atoms in total. The van der Waals surface area contributed by atoms with E-state index in [9.17, 15) is 4.79 Å². The second-order valence-corrected chi connectivity index (χ2v) is 5.95. The van der Waals surface area contributed by atoms with E-state index in [4.69, 9.17) is 10.5 Å². The molecule has 0 aliphatic carbocycles. The van der Waals surface area contributed by atoms with E-state index in [-0.39, 0.29) is 6.04 Å². The normalized spacial score (nSPS) is 12.0. The Morgan fingerprint density at radius 3 is 2.76 bits per heavy atom. The number of hydrogen-bond donors (Lipinski definition) is 2. The van der Waals surface area contributed by atoms with Crippen molar-refractivity contribution in [2.24, 2.45) is 0 Å². The van der Waals surface area contributed by atoms with E-state index >= 15 is 0 Å². The van der Waals surface area contributed by atoms with Crippen molar-refractivity contribution in [3.63, 3.8) is 0 Å². The van der Waals surface area contributed by atoms with Crippen LogP contribution in [0.1, 0.15) is 45.4 Å². The number of nitrogens with zero attached hydrogens (tertiary/aromatic N) is 1. The zero-order chi connectivity index (χ0) is 16.0. The maximum absolute atomic E-state index is 11.6. The molecule has 0 radical (unpaired) electrons. The molecule has 0 bridgehead atoms. The highest BCUT2D eigenvalue weighted by Gasteiger charge is 2.17. The summed E-state index contributed by atoms with van der Waals surface area (Å²) in [5.41, 5.74) is 7.46. The van der Waals surface area contributed by atoms with Crippen molar-refractivity contribution in [2.75, 3.05) is 5.73 Å². The van der Waals surface area contributed by atoms with Crippen LogP contribution < -0.4 is 11.1 Å². The van der Waals surface area contributed by atoms with Gasteiger partial charge in [-0.2, -0.15) is 0 Å². The summed E-state index contributed by atoms with van der Waals surface area (Å²) < 4.78 is 5.18. The molecule has 1 amide bonds. The number of pyridine rings is 1. The average Bonchev–Trinajstić information content (AvgIpc) is 2.31. The Kier molecular flexibility index (Phi) is 5.60. The molecule has 21 heavy (non-hydrogen) atoms. The Balaban J connectivity index is 2.50. The Labute approximate surface area is 126 Å². The summed E-state index contributed by atoms with van der Waals surface area (Å²) >= 11 is 0. The number of aryl methyl sites for hydroxylation is 1. The van der Waals surface area contributed by atoms with Gasteiger partial charge < -0.3 is 15.8 Å². The molecule has 3 N–H and O–H groups in total. The number of nitrogens with two attached hydrogens (primary N) is 1. The van der Waals surface area contributed by atoms with Gasteiger partial charge in [-0.05, 0) is 40.7 Å². The van der Waals surface area contributed by atoms with E-state index in [2.05, 4.69) is 22.1 Å². The summed E-state index contributed by atoms with van der Waals surface area (Å²) in [6, 6.07) is 1.70. The van der Waals surface area contributed by atoms with Gasteiger partial charge in [0.25, 0.3) is 0 Å². The standard InChI is InChI=1S/C16H23N3O2/c1-11(19-15(20)21-16(3,4)5)7-6-8-13-9-14(17)12(2)18-10-13/h9-11H,7,17H2,1-5H3,(H,19,20)/t11-/m0/s1. The number of hydrogen-bond acceptors (Lipinski definition) is 4. The largest absolute Gasteiger partial charge is 0.444 e. The minimum Gasteiger partial charge on any atom is -0.444 e. The van der Waals surface area contributed by atoms with Gasteiger partial charge in [-0.25, -0.2) is 4.79 Å². The van der Waals surface area contributed by atoms with Gasteiger partial charge in [0.1, 0.15) is 5.60 Å². The average molecular weight is 289 g/mol. The first-order valence-electron chi connectivity index (χ1n) is 6.88. The summed E-state index contributed by atoms with van der Waals surface area (Å²) in [7, 11) is 0. The predicted octanol–water partition coefficient (Wildman–Crippen LogP) is 2.63. The fraction of sp³-hybridized carbons (Fsp3) is 0.500. The molecule has 0 unspecified atom stereocenters. The topological polar surface area (TPSA) is 77.2 Å². The van der Waals surface area contributed by atoms with Gasteiger partial charge in [-0.15, -0.1) is 0 Å². The van der Waals surface area contributed by atoms with Gasteiger partial charge in [0.05, 0.1) is 11.4 Å². The number of alkyl carbamates (subject to hydrolysis) is 1. The first-order chi connectivity index (χ1) is 9.67. The van der Waals surface area contributed by atoms with Gasteiger partial charge in [-0.1, -0.05) is 11.8 Å². The van der Waals surface area contributed by atoms with Crippen LogP contribution in [0.15, 0.2) is 12.3 Å². The monoisotopic (exact) mass is 289 g/mol. The van der Waals surface area contributed by atoms with Crippen LogP contribution in [0.25, 0.3) is 0 Å². The van der Waals surface area contributed by atoms with E-state index in [1.165, 1.54) is 0 Å². The Hall–Kier alpha value is -2.22. The molecule has 0 saturated carbocycles. The van der Waals surface area contributed by atoms with E-state index in [1.807, 2.05) is 34.6 Å². The third kappa shape index (κ3) is 6.66. The number of anilines is 1. The second-order valence-electron chi connectivity index (χ2n) is 5.95. The minimum atomic E-state index is -0.499. The van der Waals surface area contributed by atoms with E-state index < -0.39 is 11.7 Å². The summed E-state index contributed by atoms with van der Waals surface area (Å²) in [6.07, 6.45) is 1.77. The predicted molar refractivity (Wildman–Crippen MR) is 83.7 cm³/mol. The number of carbonyl (C=O) groups excluding carboxylic acids is 1. The van der Waals surface area contributed by atoms with Crippen LogP contribution in [0.2, 0.25) is 0 Å². The lowest BCUT2D eigenvalue weighted by atomic mass is 10.2. The highest BCUT2D eigenvalue weighted by molar-refractivity contribution is 5.68. The Morgan fingerprint density at radius 2 is 2.19 bits per heavy atom. The quantitative estimate of drug-likeness (QED) is 0.820. The van der Waals surface area contributed by atoms with Crippen LogP contribution in [0, 0.1) is 18.8 Å². The molecule has 1 rings (SSSR count). The molecular weight excluding hydrogens is 266 g/mol. The van der Waals surface area contributed by atoms with Gasteiger partial charge >= 0.3 is 6.09 Å². The van der Waals surface area contributed by atoms with Crippen LogP contribution in [-0.2, 0) is 4.74 Å². The first-order valence-corrected chi connectivity index (χ1v) is 6.88. The molecular formula is C16H23N3O2. The number of nitrogens with one attached hydrogen (secondary N) is 1. The second kappa shape index (κ2) is 6.98. The van der Waals surface area contributed by atoms with E-state index in [1.54, 1.807) is 12.3 Å². The van der Waals surface area contributed by atoms with Crippen molar-refractivity contribution in [3.05, 3.63) is 23.5 Å². The zero-order valence-corrected chi connectivity index (χ0v) is 13.3. The smallest absolute Gasteiger partial charge is 0.407 e. The minimum absolute atomic E-state index is 0.0943. The third-order valence-corrected chi connectivity index (χ3v) is 2.53. The summed E-state index contributed by atoms with van der Waals surface area (Å²) in [5, 5.41) is 2.74. The third-order valence-electron chi connectivity index (χ3n) is 2.53. The number of ether oxygens (including phenoxy) is 1. The van der Waals surface area contributed by atoms with Gasteiger partial charge in [0.2, 0.25) is 0 Å². The lowest BCUT2D eigenvalue weighted by Gasteiger charge is -2.21. The fourth-order valence-electron chi connectivity index (χ4n) is 1.48. The van der Waals surface area contributed by atoms with Crippen molar-refractivity contribution in [3.8, 4) is 11.8 Å². The van der Waals surface area contributed by atoms with E-state index in [0.29, 0.717) is 12.1 Å². The summed E-state index contributed by atoms with van der Waals surface area (Å²) in [5.74, 6) is 5.98. The fourth-order valence-corrected chi connectivity index (χ4v) is 1.48. The molecule has 0 aliphatic heterocycles. The van der Waals surface area contributed by atoms with Crippen LogP contribution in [0.5, 0.6) is 0 Å². The lowest BCUT2D eigenvalue weighted by Crippen LogP contribution is -2.37. The molecule has 1 aromatic rings. The zero-order valence-electron chi connectivity index (χ0n) is 13.3. The van der Waals surface area contributed by atoms with Crippen molar-refractivity contribution >= 4 is 11.8 Å². The Bertz CT molecular complexity index is 565. The van der Waals surface area contributed by atoms with Crippen molar-refractivity contribution in [1.29, 1.82) is 0 Å².